The van der Waals surface area contributed by atoms with Crippen molar-refractivity contribution in [3.63, 3.8) is 0 Å². The van der Waals surface area contributed by atoms with Crippen molar-refractivity contribution in [1.82, 2.24) is 14.8 Å². The molecular formula is C18H23N5O3S. The average Bonchev–Trinajstić information content (AvgIpc) is 3.02. The van der Waals surface area contributed by atoms with E-state index in [2.05, 4.69) is 20.1 Å². The lowest BCUT2D eigenvalue weighted by Crippen LogP contribution is -2.24. The van der Waals surface area contributed by atoms with Crippen LogP contribution in [0.3, 0.4) is 0 Å². The van der Waals surface area contributed by atoms with Crippen molar-refractivity contribution in [2.75, 3.05) is 5.32 Å². The van der Waals surface area contributed by atoms with Gasteiger partial charge in [0.1, 0.15) is 11.5 Å². The Kier molecular flexibility index (Phi) is 6.10. The molecule has 1 aliphatic rings. The first-order valence-corrected chi connectivity index (χ1v) is 9.97. The molecular weight excluding hydrogens is 366 g/mol. The van der Waals surface area contributed by atoms with E-state index in [4.69, 9.17) is 0 Å². The lowest BCUT2D eigenvalue weighted by Gasteiger charge is -2.25. The summed E-state index contributed by atoms with van der Waals surface area (Å²) in [5, 5.41) is 22.5. The summed E-state index contributed by atoms with van der Waals surface area (Å²) in [5.41, 5.74) is 0.0779. The predicted octanol–water partition coefficient (Wildman–Crippen LogP) is 4.12. The van der Waals surface area contributed by atoms with Crippen molar-refractivity contribution < 1.29 is 9.72 Å². The van der Waals surface area contributed by atoms with E-state index in [-0.39, 0.29) is 17.3 Å². The SMILES string of the molecule is Cc1nnc(SC(C)C(=O)Nc2ccccc2[N+](=O)[O-])n1C1CCCCC1. The fraction of sp³-hybridized carbons (Fsp3) is 0.500. The number of carbonyl (C=O) groups excluding carboxylic acids is 1. The molecule has 1 heterocycles. The van der Waals surface area contributed by atoms with Gasteiger partial charge in [0.15, 0.2) is 5.16 Å². The van der Waals surface area contributed by atoms with Crippen LogP contribution in [-0.2, 0) is 4.79 Å². The average molecular weight is 389 g/mol. The second kappa shape index (κ2) is 8.51. The molecule has 1 amide bonds. The van der Waals surface area contributed by atoms with Gasteiger partial charge in [-0.2, -0.15) is 0 Å². The zero-order chi connectivity index (χ0) is 19.4. The highest BCUT2D eigenvalue weighted by Crippen LogP contribution is 2.34. The Bertz CT molecular complexity index is 832. The second-order valence-electron chi connectivity index (χ2n) is 6.72. The summed E-state index contributed by atoms with van der Waals surface area (Å²) >= 11 is 1.33. The van der Waals surface area contributed by atoms with E-state index in [9.17, 15) is 14.9 Å². The second-order valence-corrected chi connectivity index (χ2v) is 8.02. The van der Waals surface area contributed by atoms with Crippen LogP contribution in [0.15, 0.2) is 29.4 Å². The van der Waals surface area contributed by atoms with Crippen LogP contribution < -0.4 is 5.32 Å². The maximum atomic E-state index is 12.6. The van der Waals surface area contributed by atoms with E-state index < -0.39 is 10.2 Å². The molecule has 2 aromatic rings. The van der Waals surface area contributed by atoms with Gasteiger partial charge in [-0.25, -0.2) is 0 Å². The van der Waals surface area contributed by atoms with Crippen LogP contribution >= 0.6 is 11.8 Å². The molecule has 8 nitrogen and oxygen atoms in total. The summed E-state index contributed by atoms with van der Waals surface area (Å²) in [7, 11) is 0. The van der Waals surface area contributed by atoms with Crippen molar-refractivity contribution >= 4 is 29.0 Å². The highest BCUT2D eigenvalue weighted by molar-refractivity contribution is 8.00. The van der Waals surface area contributed by atoms with Gasteiger partial charge in [0.05, 0.1) is 10.2 Å². The number of anilines is 1. The Morgan fingerprint density at radius 3 is 2.70 bits per heavy atom. The number of nitro benzene ring substituents is 1. The predicted molar refractivity (Wildman–Crippen MR) is 104 cm³/mol. The smallest absolute Gasteiger partial charge is 0.292 e. The molecule has 0 bridgehead atoms. The van der Waals surface area contributed by atoms with Crippen LogP contribution in [0.2, 0.25) is 0 Å². The lowest BCUT2D eigenvalue weighted by atomic mass is 9.95. The Labute approximate surface area is 161 Å². The van der Waals surface area contributed by atoms with Crippen molar-refractivity contribution in [2.24, 2.45) is 0 Å². The van der Waals surface area contributed by atoms with Gasteiger partial charge >= 0.3 is 0 Å². The van der Waals surface area contributed by atoms with Gasteiger partial charge in [-0.1, -0.05) is 43.2 Å². The Hall–Kier alpha value is -2.42. The van der Waals surface area contributed by atoms with Crippen LogP contribution in [0, 0.1) is 17.0 Å². The maximum absolute atomic E-state index is 12.6. The number of carbonyl (C=O) groups is 1. The molecule has 1 fully saturated rings. The fourth-order valence-electron chi connectivity index (χ4n) is 3.37. The highest BCUT2D eigenvalue weighted by atomic mass is 32.2. The molecule has 1 N–H and O–H groups in total. The third kappa shape index (κ3) is 4.47. The summed E-state index contributed by atoms with van der Waals surface area (Å²) in [6, 6.07) is 6.51. The topological polar surface area (TPSA) is 103 Å². The number of thioether (sulfide) groups is 1. The third-order valence-electron chi connectivity index (χ3n) is 4.78. The van der Waals surface area contributed by atoms with E-state index in [1.807, 2.05) is 6.92 Å². The minimum atomic E-state index is -0.503. The van der Waals surface area contributed by atoms with Crippen LogP contribution in [0.25, 0.3) is 0 Å². The molecule has 0 saturated heterocycles. The van der Waals surface area contributed by atoms with Gasteiger partial charge in [0.25, 0.3) is 5.69 Å². The third-order valence-corrected chi connectivity index (χ3v) is 5.84. The van der Waals surface area contributed by atoms with Gasteiger partial charge < -0.3 is 9.88 Å². The van der Waals surface area contributed by atoms with Gasteiger partial charge in [-0.15, -0.1) is 10.2 Å². The number of para-hydroxylation sites is 2. The molecule has 1 aromatic carbocycles. The lowest BCUT2D eigenvalue weighted by molar-refractivity contribution is -0.383. The van der Waals surface area contributed by atoms with Gasteiger partial charge in [0.2, 0.25) is 5.91 Å². The zero-order valence-corrected chi connectivity index (χ0v) is 16.2. The molecule has 0 spiro atoms. The maximum Gasteiger partial charge on any atom is 0.292 e. The number of amides is 1. The number of nitrogens with one attached hydrogen (secondary N) is 1. The van der Waals surface area contributed by atoms with Crippen LogP contribution in [0.5, 0.6) is 0 Å². The molecule has 1 unspecified atom stereocenters. The van der Waals surface area contributed by atoms with Gasteiger partial charge in [-0.05, 0) is 32.8 Å². The summed E-state index contributed by atoms with van der Waals surface area (Å²) < 4.78 is 2.14. The van der Waals surface area contributed by atoms with Gasteiger partial charge in [-0.3, -0.25) is 14.9 Å². The standard InChI is InChI=1S/C18H23N5O3S/c1-12(17(24)19-15-10-6-7-11-16(15)23(25)26)27-18-21-20-13(2)22(18)14-8-4-3-5-9-14/h6-7,10-12,14H,3-5,8-9H2,1-2H3,(H,19,24). The normalized spacial score (nSPS) is 16.1. The number of hydrogen-bond donors (Lipinski definition) is 1. The first-order valence-electron chi connectivity index (χ1n) is 9.10. The highest BCUT2D eigenvalue weighted by Gasteiger charge is 2.25. The molecule has 0 aliphatic heterocycles. The van der Waals surface area contributed by atoms with Crippen molar-refractivity contribution in [1.29, 1.82) is 0 Å². The Morgan fingerprint density at radius 1 is 1.30 bits per heavy atom. The molecule has 27 heavy (non-hydrogen) atoms. The minimum Gasteiger partial charge on any atom is -0.319 e. The van der Waals surface area contributed by atoms with E-state index in [0.29, 0.717) is 6.04 Å². The summed E-state index contributed by atoms with van der Waals surface area (Å²) in [5.74, 6) is 0.556. The number of benzene rings is 1. The molecule has 144 valence electrons. The van der Waals surface area contributed by atoms with Crippen LogP contribution in [-0.4, -0.2) is 30.8 Å². The minimum absolute atomic E-state index is 0.121. The van der Waals surface area contributed by atoms with E-state index in [0.717, 1.165) is 23.8 Å². The number of nitrogens with zero attached hydrogens (tertiary/aromatic N) is 4. The Balaban J connectivity index is 1.72. The largest absolute Gasteiger partial charge is 0.319 e. The summed E-state index contributed by atoms with van der Waals surface area (Å²) in [4.78, 5) is 23.2. The molecule has 1 aromatic heterocycles. The number of rotatable bonds is 6. The number of hydrogen-bond acceptors (Lipinski definition) is 6. The van der Waals surface area contributed by atoms with E-state index in [1.165, 1.54) is 43.2 Å². The van der Waals surface area contributed by atoms with Crippen LogP contribution in [0.1, 0.15) is 50.9 Å². The summed E-state index contributed by atoms with van der Waals surface area (Å²) in [6.07, 6.45) is 5.85. The first kappa shape index (κ1) is 19.3. The molecule has 9 heteroatoms. The quantitative estimate of drug-likeness (QED) is 0.453. The van der Waals surface area contributed by atoms with E-state index in [1.54, 1.807) is 19.1 Å². The van der Waals surface area contributed by atoms with Crippen molar-refractivity contribution in [3.05, 3.63) is 40.2 Å². The molecule has 1 atom stereocenters. The van der Waals surface area contributed by atoms with Crippen LogP contribution in [0.4, 0.5) is 11.4 Å². The monoisotopic (exact) mass is 389 g/mol. The van der Waals surface area contributed by atoms with Gasteiger partial charge in [0, 0.05) is 12.1 Å². The van der Waals surface area contributed by atoms with Crippen molar-refractivity contribution in [2.45, 2.75) is 62.4 Å². The molecule has 1 aliphatic carbocycles. The van der Waals surface area contributed by atoms with E-state index >= 15 is 0 Å². The fourth-order valence-corrected chi connectivity index (χ4v) is 4.34. The zero-order valence-electron chi connectivity index (χ0n) is 15.4. The molecule has 3 rings (SSSR count). The number of nitro groups is 1. The van der Waals surface area contributed by atoms with Crippen molar-refractivity contribution in [3.8, 4) is 0 Å². The number of aryl methyl sites for hydroxylation is 1. The summed E-state index contributed by atoms with van der Waals surface area (Å²) in [6.45, 7) is 3.70. The first-order chi connectivity index (χ1) is 13.0. The number of aromatic nitrogens is 3. The molecule has 1 saturated carbocycles. The Morgan fingerprint density at radius 2 is 2.00 bits per heavy atom. The molecule has 0 radical (unpaired) electrons.